The van der Waals surface area contributed by atoms with Crippen molar-refractivity contribution in [1.82, 2.24) is 0 Å². The number of fused-ring (bicyclic) bond motifs is 1. The highest BCUT2D eigenvalue weighted by molar-refractivity contribution is 5.90. The maximum atomic E-state index is 10.3. The molecule has 0 fully saturated rings. The Labute approximate surface area is 123 Å². The van der Waals surface area contributed by atoms with Gasteiger partial charge in [0.25, 0.3) is 0 Å². The van der Waals surface area contributed by atoms with Crippen LogP contribution in [-0.4, -0.2) is 12.2 Å². The molecular formula is C19H14O2. The van der Waals surface area contributed by atoms with Gasteiger partial charge in [0, 0.05) is 10.9 Å². The molecule has 0 aliphatic rings. The molecule has 21 heavy (non-hydrogen) atoms. The summed E-state index contributed by atoms with van der Waals surface area (Å²) >= 11 is 0. The van der Waals surface area contributed by atoms with Gasteiger partial charge in [-0.05, 0) is 35.7 Å². The standard InChI is InChI=1S/C19H14O2/c1-21-17-12-7-14(8-13-17)6-9-16-11-10-15-4-2-3-5-18(15)19(16)20/h2-5,7-8,10-13,20H,1H3. The summed E-state index contributed by atoms with van der Waals surface area (Å²) in [6, 6.07) is 19.0. The van der Waals surface area contributed by atoms with Gasteiger partial charge in [-0.1, -0.05) is 42.2 Å². The lowest BCUT2D eigenvalue weighted by Gasteiger charge is -2.02. The van der Waals surface area contributed by atoms with Gasteiger partial charge in [-0.2, -0.15) is 0 Å². The lowest BCUT2D eigenvalue weighted by Crippen LogP contribution is -1.83. The maximum Gasteiger partial charge on any atom is 0.139 e. The van der Waals surface area contributed by atoms with E-state index in [0.717, 1.165) is 22.1 Å². The van der Waals surface area contributed by atoms with Crippen LogP contribution in [0.3, 0.4) is 0 Å². The van der Waals surface area contributed by atoms with Gasteiger partial charge in [0.1, 0.15) is 11.5 Å². The fourth-order valence-electron chi connectivity index (χ4n) is 2.17. The number of hydrogen-bond donors (Lipinski definition) is 1. The molecule has 0 unspecified atom stereocenters. The summed E-state index contributed by atoms with van der Waals surface area (Å²) in [4.78, 5) is 0. The van der Waals surface area contributed by atoms with E-state index in [9.17, 15) is 5.11 Å². The predicted molar refractivity (Wildman–Crippen MR) is 84.6 cm³/mol. The first kappa shape index (κ1) is 13.1. The van der Waals surface area contributed by atoms with E-state index >= 15 is 0 Å². The first-order valence-electron chi connectivity index (χ1n) is 6.65. The summed E-state index contributed by atoms with van der Waals surface area (Å²) in [5, 5.41) is 12.1. The molecule has 0 atom stereocenters. The van der Waals surface area contributed by atoms with Gasteiger partial charge in [-0.3, -0.25) is 0 Å². The summed E-state index contributed by atoms with van der Waals surface area (Å²) in [6.45, 7) is 0. The molecule has 3 aromatic rings. The van der Waals surface area contributed by atoms with Gasteiger partial charge >= 0.3 is 0 Å². The van der Waals surface area contributed by atoms with Crippen molar-refractivity contribution in [3.05, 3.63) is 71.8 Å². The summed E-state index contributed by atoms with van der Waals surface area (Å²) < 4.78 is 5.11. The van der Waals surface area contributed by atoms with Crippen molar-refractivity contribution in [1.29, 1.82) is 0 Å². The number of aromatic hydroxyl groups is 1. The molecule has 0 aliphatic heterocycles. The number of rotatable bonds is 1. The van der Waals surface area contributed by atoms with Crippen LogP contribution in [0.25, 0.3) is 10.8 Å². The largest absolute Gasteiger partial charge is 0.506 e. The van der Waals surface area contributed by atoms with Crippen molar-refractivity contribution in [3.63, 3.8) is 0 Å². The van der Waals surface area contributed by atoms with Crippen LogP contribution in [-0.2, 0) is 0 Å². The maximum absolute atomic E-state index is 10.3. The molecule has 0 bridgehead atoms. The Morgan fingerprint density at radius 2 is 1.62 bits per heavy atom. The second kappa shape index (κ2) is 5.60. The zero-order chi connectivity index (χ0) is 14.7. The SMILES string of the molecule is COc1ccc(C#Cc2ccc3ccccc3c2O)cc1. The molecule has 0 aromatic heterocycles. The van der Waals surface area contributed by atoms with E-state index in [2.05, 4.69) is 11.8 Å². The lowest BCUT2D eigenvalue weighted by atomic mass is 10.1. The molecule has 2 heteroatoms. The Bertz CT molecular complexity index is 837. The first-order chi connectivity index (χ1) is 10.3. The number of ether oxygens (including phenoxy) is 1. The van der Waals surface area contributed by atoms with Crippen molar-refractivity contribution >= 4 is 10.8 Å². The fraction of sp³-hybridized carbons (Fsp3) is 0.0526. The average molecular weight is 274 g/mol. The van der Waals surface area contributed by atoms with Crippen molar-refractivity contribution in [2.45, 2.75) is 0 Å². The minimum atomic E-state index is 0.231. The average Bonchev–Trinajstić information content (AvgIpc) is 2.55. The molecular weight excluding hydrogens is 260 g/mol. The van der Waals surface area contributed by atoms with Gasteiger partial charge in [-0.15, -0.1) is 0 Å². The van der Waals surface area contributed by atoms with E-state index in [4.69, 9.17) is 4.74 Å². The molecule has 0 amide bonds. The van der Waals surface area contributed by atoms with Crippen LogP contribution < -0.4 is 4.74 Å². The number of methoxy groups -OCH3 is 1. The molecule has 0 radical (unpaired) electrons. The Morgan fingerprint density at radius 1 is 0.857 bits per heavy atom. The van der Waals surface area contributed by atoms with Crippen LogP contribution in [0.1, 0.15) is 11.1 Å². The second-order valence-electron chi connectivity index (χ2n) is 4.66. The van der Waals surface area contributed by atoms with E-state index < -0.39 is 0 Å². The highest BCUT2D eigenvalue weighted by Gasteiger charge is 2.03. The Hall–Kier alpha value is -2.92. The van der Waals surface area contributed by atoms with Gasteiger partial charge < -0.3 is 9.84 Å². The number of hydrogen-bond acceptors (Lipinski definition) is 2. The quantitative estimate of drug-likeness (QED) is 0.681. The minimum absolute atomic E-state index is 0.231. The second-order valence-corrected chi connectivity index (χ2v) is 4.66. The zero-order valence-corrected chi connectivity index (χ0v) is 11.6. The third-order valence-electron chi connectivity index (χ3n) is 3.33. The van der Waals surface area contributed by atoms with E-state index in [1.165, 1.54) is 0 Å². The van der Waals surface area contributed by atoms with E-state index in [0.29, 0.717) is 5.56 Å². The molecule has 1 N–H and O–H groups in total. The third-order valence-corrected chi connectivity index (χ3v) is 3.33. The summed E-state index contributed by atoms with van der Waals surface area (Å²) in [5.74, 6) is 7.10. The predicted octanol–water partition coefficient (Wildman–Crippen LogP) is 3.95. The summed E-state index contributed by atoms with van der Waals surface area (Å²) in [5.41, 5.74) is 1.51. The molecule has 0 heterocycles. The molecule has 2 nitrogen and oxygen atoms in total. The smallest absolute Gasteiger partial charge is 0.139 e. The van der Waals surface area contributed by atoms with Crippen LogP contribution in [0.5, 0.6) is 11.5 Å². The fourth-order valence-corrected chi connectivity index (χ4v) is 2.17. The van der Waals surface area contributed by atoms with Gasteiger partial charge in [0.05, 0.1) is 12.7 Å². The molecule has 3 rings (SSSR count). The Balaban J connectivity index is 1.98. The number of benzene rings is 3. The van der Waals surface area contributed by atoms with Gasteiger partial charge in [0.15, 0.2) is 0 Å². The van der Waals surface area contributed by atoms with Crippen LogP contribution >= 0.6 is 0 Å². The van der Waals surface area contributed by atoms with Crippen molar-refractivity contribution in [2.24, 2.45) is 0 Å². The van der Waals surface area contributed by atoms with Crippen LogP contribution in [0.2, 0.25) is 0 Å². The van der Waals surface area contributed by atoms with E-state index in [-0.39, 0.29) is 5.75 Å². The first-order valence-corrected chi connectivity index (χ1v) is 6.65. The Morgan fingerprint density at radius 3 is 2.38 bits per heavy atom. The molecule has 102 valence electrons. The molecule has 0 aliphatic carbocycles. The molecule has 0 saturated carbocycles. The van der Waals surface area contributed by atoms with Crippen molar-refractivity contribution < 1.29 is 9.84 Å². The number of phenolic OH excluding ortho intramolecular Hbond substituents is 1. The number of phenols is 1. The highest BCUT2D eigenvalue weighted by Crippen LogP contribution is 2.27. The Kier molecular flexibility index (Phi) is 3.49. The van der Waals surface area contributed by atoms with Crippen molar-refractivity contribution in [3.8, 4) is 23.3 Å². The normalized spacial score (nSPS) is 9.95. The monoisotopic (exact) mass is 274 g/mol. The van der Waals surface area contributed by atoms with E-state index in [1.807, 2.05) is 60.7 Å². The minimum Gasteiger partial charge on any atom is -0.506 e. The molecule has 0 spiro atoms. The van der Waals surface area contributed by atoms with E-state index in [1.54, 1.807) is 7.11 Å². The van der Waals surface area contributed by atoms with Gasteiger partial charge in [0.2, 0.25) is 0 Å². The van der Waals surface area contributed by atoms with Crippen LogP contribution in [0, 0.1) is 11.8 Å². The topological polar surface area (TPSA) is 29.5 Å². The lowest BCUT2D eigenvalue weighted by molar-refractivity contribution is 0.415. The van der Waals surface area contributed by atoms with Crippen molar-refractivity contribution in [2.75, 3.05) is 7.11 Å². The third kappa shape index (κ3) is 2.68. The highest BCUT2D eigenvalue weighted by atomic mass is 16.5. The zero-order valence-electron chi connectivity index (χ0n) is 11.6. The van der Waals surface area contributed by atoms with Crippen LogP contribution in [0.15, 0.2) is 60.7 Å². The molecule has 3 aromatic carbocycles. The summed E-state index contributed by atoms with van der Waals surface area (Å²) in [6.07, 6.45) is 0. The van der Waals surface area contributed by atoms with Crippen LogP contribution in [0.4, 0.5) is 0 Å². The summed E-state index contributed by atoms with van der Waals surface area (Å²) in [7, 11) is 1.63. The molecule has 0 saturated heterocycles. The van der Waals surface area contributed by atoms with Gasteiger partial charge in [-0.25, -0.2) is 0 Å².